The molecule has 1 heterocycles. The lowest BCUT2D eigenvalue weighted by Crippen LogP contribution is -2.30. The van der Waals surface area contributed by atoms with Gasteiger partial charge in [-0.3, -0.25) is 16.0 Å². The molecule has 0 aliphatic heterocycles. The van der Waals surface area contributed by atoms with Gasteiger partial charge in [0.2, 0.25) is 0 Å². The first-order chi connectivity index (χ1) is 8.74. The highest BCUT2D eigenvalue weighted by Gasteiger charge is 2.18. The van der Waals surface area contributed by atoms with Crippen LogP contribution in [-0.2, 0) is 16.0 Å². The zero-order valence-electron chi connectivity index (χ0n) is 10.9. The van der Waals surface area contributed by atoms with Crippen molar-refractivity contribution in [2.24, 2.45) is 5.84 Å². The molecule has 6 nitrogen and oxygen atoms in total. The number of hydrogen-bond acceptors (Lipinski definition) is 5. The van der Waals surface area contributed by atoms with Crippen LogP contribution in [0.25, 0.3) is 0 Å². The highest BCUT2D eigenvalue weighted by molar-refractivity contribution is 6.31. The third-order valence-electron chi connectivity index (χ3n) is 2.71. The maximum Gasteiger partial charge on any atom is 0.0834 e. The number of nitrogens with zero attached hydrogens (tertiary/aromatic N) is 2. The summed E-state index contributed by atoms with van der Waals surface area (Å²) in [4.78, 5) is 0. The van der Waals surface area contributed by atoms with E-state index < -0.39 is 0 Å². The third kappa shape index (κ3) is 4.22. The van der Waals surface area contributed by atoms with Gasteiger partial charge in [-0.1, -0.05) is 11.6 Å². The predicted molar refractivity (Wildman–Crippen MR) is 70.3 cm³/mol. The summed E-state index contributed by atoms with van der Waals surface area (Å²) < 4.78 is 11.9. The molecule has 1 unspecified atom stereocenters. The van der Waals surface area contributed by atoms with E-state index in [1.54, 1.807) is 20.4 Å². The maximum atomic E-state index is 6.16. The van der Waals surface area contributed by atoms with Gasteiger partial charge >= 0.3 is 0 Å². The molecule has 0 saturated heterocycles. The van der Waals surface area contributed by atoms with E-state index in [-0.39, 0.29) is 6.04 Å². The lowest BCUT2D eigenvalue weighted by Gasteiger charge is -2.18. The Morgan fingerprint density at radius 2 is 2.17 bits per heavy atom. The van der Waals surface area contributed by atoms with E-state index in [1.807, 2.05) is 4.68 Å². The fraction of sp³-hybridized carbons (Fsp3) is 0.727. The fourth-order valence-corrected chi connectivity index (χ4v) is 2.08. The molecule has 0 radical (unpaired) electrons. The summed E-state index contributed by atoms with van der Waals surface area (Å²) in [7, 11) is 3.34. The zero-order chi connectivity index (χ0) is 13.4. The van der Waals surface area contributed by atoms with Crippen molar-refractivity contribution in [3.05, 3.63) is 16.9 Å². The van der Waals surface area contributed by atoms with E-state index >= 15 is 0 Å². The summed E-state index contributed by atoms with van der Waals surface area (Å²) in [6, 6.07) is -0.0352. The summed E-state index contributed by atoms with van der Waals surface area (Å²) in [5.74, 6) is 5.59. The van der Waals surface area contributed by atoms with E-state index in [9.17, 15) is 0 Å². The lowest BCUT2D eigenvalue weighted by atomic mass is 10.1. The Bertz CT molecular complexity index is 346. The van der Waals surface area contributed by atoms with Gasteiger partial charge in [0.25, 0.3) is 0 Å². The third-order valence-corrected chi connectivity index (χ3v) is 3.00. The standard InChI is InChI=1S/C11H21ClN4O2/c1-17-6-3-4-10(15-13)11-9(12)8-14-16(11)5-7-18-2/h8,10,15H,3-7,13H2,1-2H3. The minimum atomic E-state index is -0.0352. The van der Waals surface area contributed by atoms with E-state index in [4.69, 9.17) is 26.9 Å². The number of methoxy groups -OCH3 is 2. The quantitative estimate of drug-likeness (QED) is 0.402. The van der Waals surface area contributed by atoms with Crippen LogP contribution >= 0.6 is 11.6 Å². The summed E-state index contributed by atoms with van der Waals surface area (Å²) in [6.07, 6.45) is 3.37. The SMILES string of the molecule is COCCCC(NN)c1c(Cl)cnn1CCOC. The Labute approximate surface area is 112 Å². The molecule has 7 heteroatoms. The molecule has 104 valence electrons. The van der Waals surface area contributed by atoms with Gasteiger partial charge in [0, 0.05) is 20.8 Å². The summed E-state index contributed by atoms with van der Waals surface area (Å²) >= 11 is 6.16. The van der Waals surface area contributed by atoms with Crippen molar-refractivity contribution in [2.45, 2.75) is 25.4 Å². The van der Waals surface area contributed by atoms with Gasteiger partial charge in [0.05, 0.1) is 36.1 Å². The number of nitrogens with two attached hydrogens (primary N) is 1. The molecule has 0 aromatic carbocycles. The Kier molecular flexibility index (Phi) is 7.22. The molecule has 3 N–H and O–H groups in total. The summed E-state index contributed by atoms with van der Waals surface area (Å²) in [6.45, 7) is 1.93. The molecule has 0 spiro atoms. The number of aromatic nitrogens is 2. The lowest BCUT2D eigenvalue weighted by molar-refractivity contribution is 0.179. The maximum absolute atomic E-state index is 6.16. The van der Waals surface area contributed by atoms with Gasteiger partial charge < -0.3 is 9.47 Å². The van der Waals surface area contributed by atoms with Crippen molar-refractivity contribution < 1.29 is 9.47 Å². The smallest absolute Gasteiger partial charge is 0.0834 e. The first-order valence-electron chi connectivity index (χ1n) is 5.89. The van der Waals surface area contributed by atoms with Crippen LogP contribution < -0.4 is 11.3 Å². The Balaban J connectivity index is 2.73. The molecule has 18 heavy (non-hydrogen) atoms. The van der Waals surface area contributed by atoms with Gasteiger partial charge in [0.1, 0.15) is 0 Å². The first kappa shape index (κ1) is 15.4. The summed E-state index contributed by atoms with van der Waals surface area (Å²) in [5, 5.41) is 4.85. The normalized spacial score (nSPS) is 12.9. The molecule has 0 saturated carbocycles. The molecular formula is C11H21ClN4O2. The number of hydrogen-bond donors (Lipinski definition) is 2. The average molecular weight is 277 g/mol. The van der Waals surface area contributed by atoms with Crippen LogP contribution in [0.3, 0.4) is 0 Å². The van der Waals surface area contributed by atoms with Crippen molar-refractivity contribution in [1.82, 2.24) is 15.2 Å². The monoisotopic (exact) mass is 276 g/mol. The molecule has 0 aliphatic rings. The second kappa shape index (κ2) is 8.44. The van der Waals surface area contributed by atoms with Crippen LogP contribution in [0.4, 0.5) is 0 Å². The van der Waals surface area contributed by atoms with Crippen molar-refractivity contribution in [3.8, 4) is 0 Å². The van der Waals surface area contributed by atoms with Crippen molar-refractivity contribution in [1.29, 1.82) is 0 Å². The van der Waals surface area contributed by atoms with Crippen LogP contribution in [-0.4, -0.2) is 37.2 Å². The molecular weight excluding hydrogens is 256 g/mol. The Hall–Kier alpha value is -0.660. The van der Waals surface area contributed by atoms with Crippen LogP contribution in [0.5, 0.6) is 0 Å². The van der Waals surface area contributed by atoms with E-state index in [1.165, 1.54) is 0 Å². The second-order valence-electron chi connectivity index (χ2n) is 3.95. The van der Waals surface area contributed by atoms with Crippen LogP contribution in [0.15, 0.2) is 6.20 Å². The fourth-order valence-electron chi connectivity index (χ4n) is 1.81. The largest absolute Gasteiger partial charge is 0.385 e. The zero-order valence-corrected chi connectivity index (χ0v) is 11.6. The van der Waals surface area contributed by atoms with Gasteiger partial charge in [-0.05, 0) is 12.8 Å². The summed E-state index contributed by atoms with van der Waals surface area (Å²) in [5.41, 5.74) is 3.68. The van der Waals surface area contributed by atoms with Crippen LogP contribution in [0, 0.1) is 0 Å². The van der Waals surface area contributed by atoms with E-state index in [0.29, 0.717) is 24.8 Å². The topological polar surface area (TPSA) is 74.3 Å². The molecule has 0 aliphatic carbocycles. The van der Waals surface area contributed by atoms with E-state index in [0.717, 1.165) is 18.5 Å². The number of halogens is 1. The Morgan fingerprint density at radius 1 is 1.44 bits per heavy atom. The van der Waals surface area contributed by atoms with Gasteiger partial charge in [-0.15, -0.1) is 0 Å². The average Bonchev–Trinajstić information content (AvgIpc) is 2.74. The molecule has 1 atom stereocenters. The highest BCUT2D eigenvalue weighted by Crippen LogP contribution is 2.25. The van der Waals surface area contributed by atoms with Crippen LogP contribution in [0.2, 0.25) is 5.02 Å². The molecule has 0 bridgehead atoms. The molecule has 0 amide bonds. The second-order valence-corrected chi connectivity index (χ2v) is 4.36. The van der Waals surface area contributed by atoms with Gasteiger partial charge in [0.15, 0.2) is 0 Å². The van der Waals surface area contributed by atoms with Gasteiger partial charge in [-0.2, -0.15) is 5.10 Å². The highest BCUT2D eigenvalue weighted by atomic mass is 35.5. The van der Waals surface area contributed by atoms with E-state index in [2.05, 4.69) is 10.5 Å². The minimum absolute atomic E-state index is 0.0352. The van der Waals surface area contributed by atoms with Crippen molar-refractivity contribution in [3.63, 3.8) is 0 Å². The molecule has 1 aromatic rings. The number of rotatable bonds is 9. The minimum Gasteiger partial charge on any atom is -0.385 e. The number of hydrazine groups is 1. The van der Waals surface area contributed by atoms with Gasteiger partial charge in [-0.25, -0.2) is 0 Å². The Morgan fingerprint density at radius 3 is 2.78 bits per heavy atom. The van der Waals surface area contributed by atoms with Crippen molar-refractivity contribution in [2.75, 3.05) is 27.4 Å². The molecule has 1 aromatic heterocycles. The number of ether oxygens (including phenoxy) is 2. The molecule has 1 rings (SSSR count). The first-order valence-corrected chi connectivity index (χ1v) is 6.27. The van der Waals surface area contributed by atoms with Crippen molar-refractivity contribution >= 4 is 11.6 Å². The van der Waals surface area contributed by atoms with Crippen LogP contribution in [0.1, 0.15) is 24.6 Å². The number of nitrogens with one attached hydrogen (secondary N) is 1. The molecule has 0 fully saturated rings. The predicted octanol–water partition coefficient (Wildman–Crippen LogP) is 1.11.